The molecule has 0 amide bonds. The minimum Gasteiger partial charge on any atom is -0.293 e. The van der Waals surface area contributed by atoms with Crippen molar-refractivity contribution in [2.24, 2.45) is 0 Å². The van der Waals surface area contributed by atoms with Gasteiger partial charge in [0, 0.05) is 5.56 Å². The highest BCUT2D eigenvalue weighted by molar-refractivity contribution is 8.47. The number of carbonyl (C=O) groups excluding carboxylic acids is 1. The second-order valence-corrected chi connectivity index (χ2v) is 6.50. The molecule has 0 spiro atoms. The number of nitrogens with zero attached hydrogens (tertiary/aromatic N) is 1. The number of hydrogen-bond acceptors (Lipinski definition) is 4. The van der Waals surface area contributed by atoms with Gasteiger partial charge in [0.25, 0.3) is 0 Å². The average molecular weight is 281 g/mol. The van der Waals surface area contributed by atoms with Gasteiger partial charge in [-0.3, -0.25) is 4.79 Å². The predicted octanol–water partition coefficient (Wildman–Crippen LogP) is 4.19. The van der Waals surface area contributed by atoms with Gasteiger partial charge in [-0.1, -0.05) is 55.2 Å². The number of ketones is 1. The Balaban J connectivity index is 2.52. The first kappa shape index (κ1) is 14.2. The first-order valence-electron chi connectivity index (χ1n) is 4.97. The van der Waals surface area contributed by atoms with Crippen LogP contribution >= 0.6 is 35.7 Å². The molecule has 88 valence electrons. The molecule has 0 unspecified atom stereocenters. The summed E-state index contributed by atoms with van der Waals surface area (Å²) < 4.78 is 0.804. The van der Waals surface area contributed by atoms with Crippen LogP contribution in [0.3, 0.4) is 0 Å². The second kappa shape index (κ2) is 7.49. The normalized spacial score (nSPS) is 9.65. The highest BCUT2D eigenvalue weighted by Gasteiger charge is 2.07. The molecule has 1 rings (SSSR count). The Kier molecular flexibility index (Phi) is 6.27. The molecule has 1 aromatic rings. The van der Waals surface area contributed by atoms with E-state index < -0.39 is 0 Å². The Labute approximate surface area is 115 Å². The van der Waals surface area contributed by atoms with E-state index in [4.69, 9.17) is 18.8 Å². The zero-order valence-electron chi connectivity index (χ0n) is 9.30. The molecule has 0 atom stereocenters. The second-order valence-electron chi connectivity index (χ2n) is 3.05. The third-order valence-electron chi connectivity index (χ3n) is 1.90. The van der Waals surface area contributed by atoms with Crippen LogP contribution in [0, 0.1) is 6.57 Å². The highest BCUT2D eigenvalue weighted by atomic mass is 32.2. The van der Waals surface area contributed by atoms with E-state index in [1.54, 1.807) is 36.0 Å². The molecule has 0 heterocycles. The molecule has 5 heteroatoms. The van der Waals surface area contributed by atoms with Gasteiger partial charge in [-0.15, -0.1) is 11.8 Å². The predicted molar refractivity (Wildman–Crippen MR) is 80.2 cm³/mol. The molecule has 0 bridgehead atoms. The summed E-state index contributed by atoms with van der Waals surface area (Å²) in [5.41, 5.74) is 1.18. The van der Waals surface area contributed by atoms with Crippen LogP contribution in [0.2, 0.25) is 0 Å². The van der Waals surface area contributed by atoms with E-state index in [0.717, 1.165) is 9.28 Å². The molecule has 2 nitrogen and oxygen atoms in total. The Morgan fingerprint density at radius 3 is 2.53 bits per heavy atom. The summed E-state index contributed by atoms with van der Waals surface area (Å²) in [6.45, 7) is 8.85. The molecule has 0 aliphatic heterocycles. The molecule has 0 aliphatic carbocycles. The summed E-state index contributed by atoms with van der Waals surface area (Å²) >= 11 is 8.07. The molecule has 0 aliphatic rings. The number of thioether (sulfide) groups is 2. The minimum atomic E-state index is 0.0468. The molecule has 0 aromatic heterocycles. The molecule has 0 saturated carbocycles. The summed E-state index contributed by atoms with van der Waals surface area (Å²) in [5.74, 6) is 1.34. The Bertz CT molecular complexity index is 448. The van der Waals surface area contributed by atoms with Gasteiger partial charge in [-0.05, 0) is 5.75 Å². The van der Waals surface area contributed by atoms with E-state index in [2.05, 4.69) is 4.85 Å². The van der Waals surface area contributed by atoms with Crippen molar-refractivity contribution < 1.29 is 4.79 Å². The van der Waals surface area contributed by atoms with Gasteiger partial charge in [0.1, 0.15) is 3.53 Å². The summed E-state index contributed by atoms with van der Waals surface area (Å²) in [7, 11) is 0. The van der Waals surface area contributed by atoms with Gasteiger partial charge in [-0.25, -0.2) is 4.85 Å². The smallest absolute Gasteiger partial charge is 0.187 e. The Morgan fingerprint density at radius 2 is 2.00 bits per heavy atom. The molecular weight excluding hydrogens is 270 g/mol. The van der Waals surface area contributed by atoms with Crippen LogP contribution in [0.25, 0.3) is 4.85 Å². The van der Waals surface area contributed by atoms with Crippen LogP contribution in [0.5, 0.6) is 0 Å². The molecule has 0 saturated heterocycles. The fourth-order valence-electron chi connectivity index (χ4n) is 1.09. The summed E-state index contributed by atoms with van der Waals surface area (Å²) in [6.07, 6.45) is 0. The largest absolute Gasteiger partial charge is 0.293 e. The lowest BCUT2D eigenvalue weighted by Crippen LogP contribution is -2.03. The van der Waals surface area contributed by atoms with Crippen molar-refractivity contribution >= 4 is 50.7 Å². The molecule has 0 N–H and O–H groups in total. The van der Waals surface area contributed by atoms with Crippen LogP contribution in [-0.4, -0.2) is 20.8 Å². The van der Waals surface area contributed by atoms with Gasteiger partial charge >= 0.3 is 0 Å². The molecule has 17 heavy (non-hydrogen) atoms. The van der Waals surface area contributed by atoms with Gasteiger partial charge in [-0.2, -0.15) is 0 Å². The maximum atomic E-state index is 11.8. The first-order chi connectivity index (χ1) is 8.17. The third-order valence-corrected chi connectivity index (χ3v) is 4.48. The lowest BCUT2D eigenvalue weighted by atomic mass is 10.1. The lowest BCUT2D eigenvalue weighted by Gasteiger charge is -2.02. The topological polar surface area (TPSA) is 21.4 Å². The van der Waals surface area contributed by atoms with Crippen LogP contribution in [0.15, 0.2) is 24.3 Å². The number of thiocarbonyl (C=S) groups is 1. The highest BCUT2D eigenvalue weighted by Crippen LogP contribution is 2.19. The third kappa shape index (κ3) is 4.90. The lowest BCUT2D eigenvalue weighted by molar-refractivity contribution is 0.102. The van der Waals surface area contributed by atoms with Crippen molar-refractivity contribution in [2.75, 3.05) is 11.5 Å². The maximum Gasteiger partial charge on any atom is 0.187 e. The van der Waals surface area contributed by atoms with Crippen LogP contribution < -0.4 is 0 Å². The van der Waals surface area contributed by atoms with Crippen LogP contribution in [-0.2, 0) is 0 Å². The number of Topliss-reactive ketones (excluding diaryl/α,β-unsaturated/α-hetero) is 1. The Morgan fingerprint density at radius 1 is 1.35 bits per heavy atom. The Hall–Kier alpha value is -0.830. The fourth-order valence-corrected chi connectivity index (χ4v) is 3.13. The van der Waals surface area contributed by atoms with Crippen molar-refractivity contribution in [3.8, 4) is 0 Å². The standard InChI is InChI=1S/C12H11NOS3/c1-3-16-12(15)17-8-11(14)9-4-6-10(13-2)7-5-9/h4-7H,3,8H2,1H3. The van der Waals surface area contributed by atoms with Gasteiger partial charge in [0.05, 0.1) is 12.3 Å². The molecule has 1 aromatic carbocycles. The van der Waals surface area contributed by atoms with E-state index in [1.807, 2.05) is 6.92 Å². The molecular formula is C12H11NOS3. The molecule has 0 radical (unpaired) electrons. The molecule has 0 fully saturated rings. The van der Waals surface area contributed by atoms with Crippen molar-refractivity contribution in [1.82, 2.24) is 0 Å². The zero-order valence-corrected chi connectivity index (χ0v) is 11.8. The maximum absolute atomic E-state index is 11.8. The van der Waals surface area contributed by atoms with Crippen molar-refractivity contribution in [2.45, 2.75) is 6.92 Å². The number of hydrogen-bond donors (Lipinski definition) is 0. The quantitative estimate of drug-likeness (QED) is 0.468. The van der Waals surface area contributed by atoms with E-state index in [9.17, 15) is 4.79 Å². The zero-order chi connectivity index (χ0) is 12.7. The van der Waals surface area contributed by atoms with Crippen LogP contribution in [0.4, 0.5) is 5.69 Å². The fraction of sp³-hybridized carbons (Fsp3) is 0.250. The van der Waals surface area contributed by atoms with E-state index in [-0.39, 0.29) is 5.78 Å². The van der Waals surface area contributed by atoms with E-state index in [1.165, 1.54) is 11.8 Å². The van der Waals surface area contributed by atoms with Gasteiger partial charge in [0.2, 0.25) is 0 Å². The van der Waals surface area contributed by atoms with Crippen molar-refractivity contribution in [3.05, 3.63) is 41.2 Å². The van der Waals surface area contributed by atoms with Gasteiger partial charge in [0.15, 0.2) is 11.5 Å². The summed E-state index contributed by atoms with van der Waals surface area (Å²) in [4.78, 5) is 15.1. The SMILES string of the molecule is [C-]#[N+]c1ccc(C(=O)CSC(=S)SCC)cc1. The average Bonchev–Trinajstić information content (AvgIpc) is 2.36. The van der Waals surface area contributed by atoms with Gasteiger partial charge < -0.3 is 0 Å². The number of benzene rings is 1. The number of carbonyl (C=O) groups is 1. The van der Waals surface area contributed by atoms with E-state index >= 15 is 0 Å². The monoisotopic (exact) mass is 281 g/mol. The van der Waals surface area contributed by atoms with Crippen LogP contribution in [0.1, 0.15) is 17.3 Å². The van der Waals surface area contributed by atoms with Crippen molar-refractivity contribution in [1.29, 1.82) is 0 Å². The van der Waals surface area contributed by atoms with Crippen molar-refractivity contribution in [3.63, 3.8) is 0 Å². The summed E-state index contributed by atoms with van der Waals surface area (Å²) in [6, 6.07) is 6.69. The first-order valence-corrected chi connectivity index (χ1v) is 7.35. The summed E-state index contributed by atoms with van der Waals surface area (Å²) in [5, 5.41) is 0. The van der Waals surface area contributed by atoms with E-state index in [0.29, 0.717) is 17.0 Å². The number of rotatable bonds is 4. The minimum absolute atomic E-state index is 0.0468.